The largest absolute Gasteiger partial charge is 0.465 e. The zero-order chi connectivity index (χ0) is 10.6. The summed E-state index contributed by atoms with van der Waals surface area (Å²) in [5.74, 6) is -4.12. The molecule has 0 fully saturated rings. The third-order valence-electron chi connectivity index (χ3n) is 1.70. The Balaban J connectivity index is 2.89. The van der Waals surface area contributed by atoms with Gasteiger partial charge in [0.05, 0.1) is 6.61 Å². The first-order chi connectivity index (χ1) is 6.66. The second kappa shape index (κ2) is 4.69. The van der Waals surface area contributed by atoms with Crippen LogP contribution in [0.1, 0.15) is 6.92 Å². The summed E-state index contributed by atoms with van der Waals surface area (Å²) >= 11 is 0. The van der Waals surface area contributed by atoms with Gasteiger partial charge in [-0.15, -0.1) is 0 Å². The second-order valence-electron chi connectivity index (χ2n) is 2.67. The van der Waals surface area contributed by atoms with Gasteiger partial charge >= 0.3 is 5.97 Å². The summed E-state index contributed by atoms with van der Waals surface area (Å²) in [6.45, 7) is 1.68. The molecular weight excluding hydrogens is 190 g/mol. The highest BCUT2D eigenvalue weighted by atomic mass is 19.1. The Bertz CT molecular complexity index is 294. The topological polar surface area (TPSA) is 26.3 Å². The van der Waals surface area contributed by atoms with Gasteiger partial charge in [0.25, 0.3) is 0 Å². The number of hydrogen-bond acceptors (Lipinski definition) is 2. The summed E-state index contributed by atoms with van der Waals surface area (Å²) in [7, 11) is 0. The van der Waals surface area contributed by atoms with Crippen LogP contribution in [-0.2, 0) is 9.53 Å². The van der Waals surface area contributed by atoms with Crippen LogP contribution in [0.25, 0.3) is 0 Å². The van der Waals surface area contributed by atoms with Crippen molar-refractivity contribution < 1.29 is 18.3 Å². The number of halogens is 2. The molecule has 0 atom stereocenters. The maximum atomic E-state index is 13.2. The SMILES string of the molecule is CCOC(=O)C1C(F)=CC=CC=C1F. The first kappa shape index (κ1) is 10.6. The molecule has 0 spiro atoms. The fraction of sp³-hybridized carbons (Fsp3) is 0.300. The molecular formula is C10H10F2O2. The first-order valence-electron chi connectivity index (χ1n) is 4.23. The molecule has 0 amide bonds. The molecule has 0 aromatic carbocycles. The molecule has 1 aliphatic rings. The Morgan fingerprint density at radius 3 is 2.29 bits per heavy atom. The first-order valence-corrected chi connectivity index (χ1v) is 4.23. The highest BCUT2D eigenvalue weighted by Crippen LogP contribution is 2.26. The number of ether oxygens (including phenoxy) is 1. The molecule has 0 N–H and O–H groups in total. The summed E-state index contributed by atoms with van der Waals surface area (Å²) in [6.07, 6.45) is 4.75. The molecule has 0 saturated heterocycles. The van der Waals surface area contributed by atoms with Gasteiger partial charge < -0.3 is 4.74 Å². The second-order valence-corrected chi connectivity index (χ2v) is 2.67. The number of esters is 1. The zero-order valence-electron chi connectivity index (χ0n) is 7.67. The molecule has 76 valence electrons. The Hall–Kier alpha value is -1.45. The van der Waals surface area contributed by atoms with Crippen LogP contribution >= 0.6 is 0 Å². The molecule has 14 heavy (non-hydrogen) atoms. The van der Waals surface area contributed by atoms with Gasteiger partial charge in [0.15, 0.2) is 5.92 Å². The van der Waals surface area contributed by atoms with Gasteiger partial charge in [0, 0.05) is 0 Å². The Kier molecular flexibility index (Phi) is 3.56. The van der Waals surface area contributed by atoms with Gasteiger partial charge in [0.2, 0.25) is 0 Å². The van der Waals surface area contributed by atoms with Crippen molar-refractivity contribution in [2.45, 2.75) is 6.92 Å². The van der Waals surface area contributed by atoms with Crippen LogP contribution in [0.5, 0.6) is 0 Å². The summed E-state index contributed by atoms with van der Waals surface area (Å²) in [5.41, 5.74) is 0. The van der Waals surface area contributed by atoms with Crippen molar-refractivity contribution in [2.75, 3.05) is 6.61 Å². The lowest BCUT2D eigenvalue weighted by Crippen LogP contribution is -2.19. The van der Waals surface area contributed by atoms with E-state index >= 15 is 0 Å². The van der Waals surface area contributed by atoms with Crippen molar-refractivity contribution in [3.05, 3.63) is 36.0 Å². The number of allylic oxidation sites excluding steroid dienone is 4. The van der Waals surface area contributed by atoms with Crippen molar-refractivity contribution in [3.63, 3.8) is 0 Å². The van der Waals surface area contributed by atoms with Crippen molar-refractivity contribution in [1.29, 1.82) is 0 Å². The molecule has 0 bridgehead atoms. The van der Waals surface area contributed by atoms with Crippen molar-refractivity contribution in [3.8, 4) is 0 Å². The van der Waals surface area contributed by atoms with E-state index in [-0.39, 0.29) is 6.61 Å². The lowest BCUT2D eigenvalue weighted by atomic mass is 10.1. The molecule has 0 unspecified atom stereocenters. The molecule has 1 aliphatic carbocycles. The van der Waals surface area contributed by atoms with Crippen LogP contribution in [0.15, 0.2) is 36.0 Å². The van der Waals surface area contributed by atoms with Crippen LogP contribution in [0.2, 0.25) is 0 Å². The van der Waals surface area contributed by atoms with Gasteiger partial charge in [-0.3, -0.25) is 4.79 Å². The van der Waals surface area contributed by atoms with Gasteiger partial charge in [-0.05, 0) is 19.1 Å². The van der Waals surface area contributed by atoms with E-state index in [4.69, 9.17) is 0 Å². The van der Waals surface area contributed by atoms with Gasteiger partial charge in [-0.25, -0.2) is 8.78 Å². The van der Waals surface area contributed by atoms with Crippen LogP contribution in [-0.4, -0.2) is 12.6 Å². The Morgan fingerprint density at radius 1 is 1.36 bits per heavy atom. The van der Waals surface area contributed by atoms with E-state index in [2.05, 4.69) is 4.74 Å². The molecule has 2 nitrogen and oxygen atoms in total. The molecule has 4 heteroatoms. The highest BCUT2D eigenvalue weighted by Gasteiger charge is 2.29. The van der Waals surface area contributed by atoms with Gasteiger partial charge in [-0.2, -0.15) is 0 Å². The van der Waals surface area contributed by atoms with Crippen LogP contribution < -0.4 is 0 Å². The van der Waals surface area contributed by atoms with E-state index in [0.717, 1.165) is 12.2 Å². The van der Waals surface area contributed by atoms with E-state index in [1.54, 1.807) is 6.92 Å². The monoisotopic (exact) mass is 200 g/mol. The minimum Gasteiger partial charge on any atom is -0.465 e. The zero-order valence-corrected chi connectivity index (χ0v) is 7.67. The Morgan fingerprint density at radius 2 is 1.86 bits per heavy atom. The summed E-state index contributed by atoms with van der Waals surface area (Å²) < 4.78 is 30.9. The van der Waals surface area contributed by atoms with Gasteiger partial charge in [-0.1, -0.05) is 12.2 Å². The van der Waals surface area contributed by atoms with Crippen molar-refractivity contribution in [2.24, 2.45) is 5.92 Å². The van der Waals surface area contributed by atoms with Crippen molar-refractivity contribution >= 4 is 5.97 Å². The standard InChI is InChI=1S/C10H10F2O2/c1-2-14-10(13)9-7(11)5-3-4-6-8(9)12/h3-6,9H,2H2,1H3. The minimum absolute atomic E-state index is 0.101. The van der Waals surface area contributed by atoms with E-state index in [0.29, 0.717) is 0 Å². The fourth-order valence-electron chi connectivity index (χ4n) is 1.07. The number of hydrogen-bond donors (Lipinski definition) is 0. The third-order valence-corrected chi connectivity index (χ3v) is 1.70. The summed E-state index contributed by atoms with van der Waals surface area (Å²) in [6, 6.07) is 0. The molecule has 0 heterocycles. The smallest absolute Gasteiger partial charge is 0.322 e. The molecule has 0 radical (unpaired) electrons. The lowest BCUT2D eigenvalue weighted by molar-refractivity contribution is -0.146. The molecule has 0 aromatic heterocycles. The van der Waals surface area contributed by atoms with Gasteiger partial charge in [0.1, 0.15) is 11.7 Å². The van der Waals surface area contributed by atoms with Crippen LogP contribution in [0.4, 0.5) is 8.78 Å². The van der Waals surface area contributed by atoms with Crippen LogP contribution in [0.3, 0.4) is 0 Å². The number of rotatable bonds is 2. The summed E-state index contributed by atoms with van der Waals surface area (Å²) in [4.78, 5) is 11.2. The maximum Gasteiger partial charge on any atom is 0.322 e. The molecule has 0 saturated carbocycles. The van der Waals surface area contributed by atoms with Crippen LogP contribution in [0, 0.1) is 5.92 Å². The molecule has 0 aromatic rings. The third kappa shape index (κ3) is 2.28. The van der Waals surface area contributed by atoms with E-state index < -0.39 is 23.5 Å². The molecule has 0 aliphatic heterocycles. The predicted molar refractivity (Wildman–Crippen MR) is 47.6 cm³/mol. The van der Waals surface area contributed by atoms with E-state index in [1.807, 2.05) is 0 Å². The number of carbonyl (C=O) groups excluding carboxylic acids is 1. The fourth-order valence-corrected chi connectivity index (χ4v) is 1.07. The van der Waals surface area contributed by atoms with Crippen molar-refractivity contribution in [1.82, 2.24) is 0 Å². The van der Waals surface area contributed by atoms with E-state index in [9.17, 15) is 13.6 Å². The quantitative estimate of drug-likeness (QED) is 0.640. The minimum atomic E-state index is -1.54. The highest BCUT2D eigenvalue weighted by molar-refractivity contribution is 5.78. The average molecular weight is 200 g/mol. The predicted octanol–water partition coefficient (Wildman–Crippen LogP) is 2.44. The Labute approximate surface area is 80.6 Å². The normalized spacial score (nSPS) is 17.1. The van der Waals surface area contributed by atoms with E-state index in [1.165, 1.54) is 12.2 Å². The summed E-state index contributed by atoms with van der Waals surface area (Å²) in [5, 5.41) is 0. The average Bonchev–Trinajstić information content (AvgIpc) is 2.28. The maximum absolute atomic E-state index is 13.2. The molecule has 1 rings (SSSR count). The lowest BCUT2D eigenvalue weighted by Gasteiger charge is -2.10. The number of carbonyl (C=O) groups is 1.